The lowest BCUT2D eigenvalue weighted by Crippen LogP contribution is -1.95. The van der Waals surface area contributed by atoms with Crippen LogP contribution in [0.1, 0.15) is 15.9 Å². The Balaban J connectivity index is 0.000000671. The smallest absolute Gasteiger partial charge is 0.335 e. The van der Waals surface area contributed by atoms with Crippen molar-refractivity contribution in [2.24, 2.45) is 0 Å². The summed E-state index contributed by atoms with van der Waals surface area (Å²) in [5.41, 5.74) is 1.22. The molecule has 0 unspecified atom stereocenters. The van der Waals surface area contributed by atoms with Gasteiger partial charge in [-0.1, -0.05) is 12.1 Å². The molecule has 1 aromatic carbocycles. The van der Waals surface area contributed by atoms with Crippen LogP contribution in [0.2, 0.25) is 0 Å². The van der Waals surface area contributed by atoms with E-state index in [1.54, 1.807) is 24.3 Å². The summed E-state index contributed by atoms with van der Waals surface area (Å²) >= 11 is 9.90. The SMILES string of the molecule is O=C(O)c1ccc(CCl)cc1.[CH2]Cl. The number of hydrogen-bond acceptors (Lipinski definition) is 1. The fraction of sp³-hybridized carbons (Fsp3) is 0.111. The highest BCUT2D eigenvalue weighted by Gasteiger charge is 1.99. The molecule has 0 aliphatic heterocycles. The van der Waals surface area contributed by atoms with Gasteiger partial charge in [0.1, 0.15) is 0 Å². The number of benzene rings is 1. The van der Waals surface area contributed by atoms with E-state index in [2.05, 4.69) is 18.0 Å². The molecule has 0 aliphatic rings. The molecule has 0 amide bonds. The van der Waals surface area contributed by atoms with E-state index in [1.165, 1.54) is 0 Å². The number of alkyl halides is 1. The van der Waals surface area contributed by atoms with E-state index in [9.17, 15) is 4.79 Å². The molecule has 0 heterocycles. The van der Waals surface area contributed by atoms with Crippen molar-refractivity contribution in [1.29, 1.82) is 0 Å². The molecule has 4 heteroatoms. The quantitative estimate of drug-likeness (QED) is 0.777. The fourth-order valence-electron chi connectivity index (χ4n) is 0.736. The summed E-state index contributed by atoms with van der Waals surface area (Å²) in [6.07, 6.45) is 2.72. The van der Waals surface area contributed by atoms with Crippen molar-refractivity contribution in [1.82, 2.24) is 0 Å². The molecule has 0 fully saturated rings. The van der Waals surface area contributed by atoms with Gasteiger partial charge in [0.2, 0.25) is 0 Å². The first-order chi connectivity index (χ1) is 6.24. The summed E-state index contributed by atoms with van der Waals surface area (Å²) in [4.78, 5) is 10.4. The zero-order chi connectivity index (χ0) is 10.3. The zero-order valence-electron chi connectivity index (χ0n) is 6.84. The largest absolute Gasteiger partial charge is 0.478 e. The monoisotopic (exact) mass is 219 g/mol. The normalized spacial score (nSPS) is 8.54. The van der Waals surface area contributed by atoms with E-state index in [0.717, 1.165) is 5.56 Å². The molecular weight excluding hydrogens is 211 g/mol. The second kappa shape index (κ2) is 6.75. The van der Waals surface area contributed by atoms with Crippen LogP contribution in [0.4, 0.5) is 0 Å². The first-order valence-corrected chi connectivity index (χ1v) is 4.46. The highest BCUT2D eigenvalue weighted by molar-refractivity contribution is 6.19. The third kappa shape index (κ3) is 4.15. The average molecular weight is 220 g/mol. The van der Waals surface area contributed by atoms with Crippen molar-refractivity contribution >= 4 is 29.2 Å². The molecule has 1 rings (SSSR count). The van der Waals surface area contributed by atoms with Crippen LogP contribution in [0.15, 0.2) is 24.3 Å². The second-order valence-electron chi connectivity index (χ2n) is 2.14. The van der Waals surface area contributed by atoms with Crippen molar-refractivity contribution < 1.29 is 9.90 Å². The summed E-state index contributed by atoms with van der Waals surface area (Å²) in [5.74, 6) is -0.494. The van der Waals surface area contributed by atoms with Gasteiger partial charge < -0.3 is 5.11 Å². The Bertz CT molecular complexity index is 257. The van der Waals surface area contributed by atoms with E-state index in [1.807, 2.05) is 0 Å². The van der Waals surface area contributed by atoms with Gasteiger partial charge in [0.25, 0.3) is 0 Å². The third-order valence-electron chi connectivity index (χ3n) is 1.36. The standard InChI is InChI=1S/C8H7ClO2.CH2Cl/c9-5-6-1-3-7(4-2-6)8(10)11;1-2/h1-4H,5H2,(H,10,11);1H2. The number of rotatable bonds is 2. The van der Waals surface area contributed by atoms with Crippen LogP contribution in [0, 0.1) is 6.38 Å². The van der Waals surface area contributed by atoms with Gasteiger partial charge in [0, 0.05) is 12.3 Å². The first kappa shape index (κ1) is 12.3. The molecular formula is C9H9Cl2O2. The molecule has 0 aliphatic carbocycles. The van der Waals surface area contributed by atoms with E-state index in [-0.39, 0.29) is 0 Å². The Morgan fingerprint density at radius 3 is 2.08 bits per heavy atom. The maximum absolute atomic E-state index is 10.4. The van der Waals surface area contributed by atoms with Crippen molar-refractivity contribution in [3.63, 3.8) is 0 Å². The van der Waals surface area contributed by atoms with Crippen molar-refractivity contribution in [2.75, 3.05) is 0 Å². The van der Waals surface area contributed by atoms with Crippen LogP contribution >= 0.6 is 23.2 Å². The molecule has 0 spiro atoms. The Hall–Kier alpha value is -0.730. The van der Waals surface area contributed by atoms with Gasteiger partial charge in [-0.3, -0.25) is 0 Å². The number of halogens is 2. The van der Waals surface area contributed by atoms with Crippen LogP contribution in [-0.4, -0.2) is 11.1 Å². The van der Waals surface area contributed by atoms with Gasteiger partial charge in [-0.25, -0.2) is 4.79 Å². The van der Waals surface area contributed by atoms with E-state index < -0.39 is 5.97 Å². The van der Waals surface area contributed by atoms with Crippen molar-refractivity contribution in [2.45, 2.75) is 5.88 Å². The van der Waals surface area contributed by atoms with Crippen LogP contribution in [0.5, 0.6) is 0 Å². The Kier molecular flexibility index (Phi) is 6.37. The summed E-state index contributed by atoms with van der Waals surface area (Å²) in [7, 11) is 0. The second-order valence-corrected chi connectivity index (χ2v) is 2.40. The Labute approximate surface area is 87.1 Å². The van der Waals surface area contributed by atoms with Gasteiger partial charge in [0.15, 0.2) is 0 Å². The van der Waals surface area contributed by atoms with Gasteiger partial charge in [-0.2, -0.15) is 0 Å². The molecule has 0 bridgehead atoms. The highest BCUT2D eigenvalue weighted by Crippen LogP contribution is 2.06. The number of aromatic carboxylic acids is 1. The predicted octanol–water partition coefficient (Wildman–Crippen LogP) is 3.14. The minimum absolute atomic E-state index is 0.291. The van der Waals surface area contributed by atoms with Crippen LogP contribution in [-0.2, 0) is 5.88 Å². The fourth-order valence-corrected chi connectivity index (χ4v) is 0.915. The minimum Gasteiger partial charge on any atom is -0.478 e. The van der Waals surface area contributed by atoms with Gasteiger partial charge in [-0.15, -0.1) is 23.2 Å². The Morgan fingerprint density at radius 1 is 1.31 bits per heavy atom. The average Bonchev–Trinajstić information content (AvgIpc) is 2.21. The van der Waals surface area contributed by atoms with E-state index in [4.69, 9.17) is 16.7 Å². The Morgan fingerprint density at radius 2 is 1.77 bits per heavy atom. The molecule has 0 atom stereocenters. The first-order valence-electron chi connectivity index (χ1n) is 3.39. The van der Waals surface area contributed by atoms with Crippen molar-refractivity contribution in [3.8, 4) is 0 Å². The minimum atomic E-state index is -0.911. The third-order valence-corrected chi connectivity index (χ3v) is 1.66. The summed E-state index contributed by atoms with van der Waals surface area (Å²) in [5, 5.41) is 8.52. The maximum Gasteiger partial charge on any atom is 0.335 e. The molecule has 0 aromatic heterocycles. The van der Waals surface area contributed by atoms with E-state index >= 15 is 0 Å². The molecule has 13 heavy (non-hydrogen) atoms. The summed E-state index contributed by atoms with van der Waals surface area (Å²) < 4.78 is 0. The molecule has 1 N–H and O–H groups in total. The van der Waals surface area contributed by atoms with Gasteiger partial charge in [0.05, 0.1) is 5.56 Å². The molecule has 0 saturated heterocycles. The molecule has 71 valence electrons. The molecule has 1 aromatic rings. The summed E-state index contributed by atoms with van der Waals surface area (Å²) in [6.45, 7) is 0. The van der Waals surface area contributed by atoms with Crippen LogP contribution < -0.4 is 0 Å². The molecule has 1 radical (unpaired) electrons. The highest BCUT2D eigenvalue weighted by atomic mass is 35.5. The lowest BCUT2D eigenvalue weighted by Gasteiger charge is -1.95. The van der Waals surface area contributed by atoms with Crippen LogP contribution in [0.25, 0.3) is 0 Å². The van der Waals surface area contributed by atoms with Gasteiger partial charge in [-0.05, 0) is 17.7 Å². The molecule has 0 saturated carbocycles. The predicted molar refractivity (Wildman–Crippen MR) is 54.2 cm³/mol. The zero-order valence-corrected chi connectivity index (χ0v) is 8.35. The van der Waals surface area contributed by atoms with Crippen LogP contribution in [0.3, 0.4) is 0 Å². The van der Waals surface area contributed by atoms with Crippen molar-refractivity contribution in [3.05, 3.63) is 41.8 Å². The summed E-state index contributed by atoms with van der Waals surface area (Å²) in [6, 6.07) is 6.49. The number of carboxylic acids is 1. The van der Waals surface area contributed by atoms with E-state index in [0.29, 0.717) is 11.4 Å². The number of carbonyl (C=O) groups is 1. The van der Waals surface area contributed by atoms with Gasteiger partial charge >= 0.3 is 5.97 Å². The number of hydrogen-bond donors (Lipinski definition) is 1. The lowest BCUT2D eigenvalue weighted by molar-refractivity contribution is 0.0697. The number of carboxylic acid groups (broad SMARTS) is 1. The molecule has 2 nitrogen and oxygen atoms in total. The maximum atomic E-state index is 10.4. The lowest BCUT2D eigenvalue weighted by atomic mass is 10.1. The topological polar surface area (TPSA) is 37.3 Å².